The average molecular weight is 614 g/mol. The zero-order chi connectivity index (χ0) is 31.7. The molecule has 0 saturated carbocycles. The first-order valence-corrected chi connectivity index (χ1v) is 15.5. The predicted octanol–water partition coefficient (Wildman–Crippen LogP) is 5.07. The molecular formula is C32H40FN3O6S. The molecule has 3 aromatic carbocycles. The van der Waals surface area contributed by atoms with E-state index >= 15 is 0 Å². The highest BCUT2D eigenvalue weighted by atomic mass is 32.2. The molecule has 3 rings (SSSR count). The number of aryl methyl sites for hydroxylation is 1. The fourth-order valence-electron chi connectivity index (χ4n) is 4.49. The van der Waals surface area contributed by atoms with Crippen LogP contribution in [-0.4, -0.2) is 58.0 Å². The summed E-state index contributed by atoms with van der Waals surface area (Å²) in [6.45, 7) is 6.78. The highest BCUT2D eigenvalue weighted by molar-refractivity contribution is 7.92. The third-order valence-electron chi connectivity index (χ3n) is 7.20. The van der Waals surface area contributed by atoms with Crippen molar-refractivity contribution in [3.05, 3.63) is 83.7 Å². The van der Waals surface area contributed by atoms with Gasteiger partial charge in [0, 0.05) is 18.7 Å². The van der Waals surface area contributed by atoms with E-state index in [2.05, 4.69) is 5.32 Å². The third-order valence-corrected chi connectivity index (χ3v) is 8.98. The third kappa shape index (κ3) is 8.25. The summed E-state index contributed by atoms with van der Waals surface area (Å²) < 4.78 is 53.6. The minimum Gasteiger partial charge on any atom is -0.493 e. The summed E-state index contributed by atoms with van der Waals surface area (Å²) in [6.07, 6.45) is 0.965. The van der Waals surface area contributed by atoms with Gasteiger partial charge in [0.25, 0.3) is 10.0 Å². The van der Waals surface area contributed by atoms with Crippen LogP contribution in [-0.2, 0) is 26.2 Å². The minimum absolute atomic E-state index is 0.00711. The first-order valence-electron chi connectivity index (χ1n) is 14.1. The van der Waals surface area contributed by atoms with Crippen LogP contribution in [0.5, 0.6) is 11.5 Å². The molecule has 43 heavy (non-hydrogen) atoms. The van der Waals surface area contributed by atoms with Gasteiger partial charge in [-0.2, -0.15) is 0 Å². The van der Waals surface area contributed by atoms with Crippen molar-refractivity contribution < 1.29 is 31.9 Å². The van der Waals surface area contributed by atoms with Crippen molar-refractivity contribution in [2.24, 2.45) is 0 Å². The van der Waals surface area contributed by atoms with Crippen molar-refractivity contribution >= 4 is 27.5 Å². The number of carbonyl (C=O) groups is 2. The van der Waals surface area contributed by atoms with Gasteiger partial charge < -0.3 is 19.7 Å². The fourth-order valence-corrected chi connectivity index (χ4v) is 5.90. The number of halogens is 1. The highest BCUT2D eigenvalue weighted by Crippen LogP contribution is 2.34. The zero-order valence-electron chi connectivity index (χ0n) is 25.5. The van der Waals surface area contributed by atoms with E-state index in [0.29, 0.717) is 17.7 Å². The summed E-state index contributed by atoms with van der Waals surface area (Å²) in [4.78, 5) is 28.9. The van der Waals surface area contributed by atoms with E-state index in [1.165, 1.54) is 67.7 Å². The summed E-state index contributed by atoms with van der Waals surface area (Å²) >= 11 is 0. The number of anilines is 1. The van der Waals surface area contributed by atoms with Crippen LogP contribution in [0.3, 0.4) is 0 Å². The van der Waals surface area contributed by atoms with Crippen LogP contribution >= 0.6 is 0 Å². The van der Waals surface area contributed by atoms with E-state index in [1.54, 1.807) is 25.1 Å². The van der Waals surface area contributed by atoms with Crippen LogP contribution < -0.4 is 19.1 Å². The molecule has 0 aromatic heterocycles. The molecule has 0 fully saturated rings. The molecule has 2 amide bonds. The smallest absolute Gasteiger partial charge is 0.264 e. The highest BCUT2D eigenvalue weighted by Gasteiger charge is 2.34. The number of sulfonamides is 1. The van der Waals surface area contributed by atoms with Crippen molar-refractivity contribution in [2.45, 2.75) is 64.1 Å². The summed E-state index contributed by atoms with van der Waals surface area (Å²) in [6, 6.07) is 15.5. The maximum Gasteiger partial charge on any atom is 0.264 e. The van der Waals surface area contributed by atoms with Crippen molar-refractivity contribution in [3.8, 4) is 11.5 Å². The Morgan fingerprint density at radius 2 is 1.53 bits per heavy atom. The molecule has 3 aromatic rings. The monoisotopic (exact) mass is 613 g/mol. The second kappa shape index (κ2) is 14.9. The molecule has 11 heteroatoms. The van der Waals surface area contributed by atoms with E-state index < -0.39 is 34.3 Å². The number of amides is 2. The molecule has 0 bridgehead atoms. The lowest BCUT2D eigenvalue weighted by molar-refractivity contribution is -0.140. The van der Waals surface area contributed by atoms with Gasteiger partial charge in [0.2, 0.25) is 11.8 Å². The van der Waals surface area contributed by atoms with Crippen LogP contribution in [0.15, 0.2) is 71.6 Å². The van der Waals surface area contributed by atoms with Crippen LogP contribution in [0.1, 0.15) is 44.7 Å². The molecule has 9 nitrogen and oxygen atoms in total. The molecule has 0 heterocycles. The van der Waals surface area contributed by atoms with Crippen LogP contribution in [0.4, 0.5) is 10.1 Å². The quantitative estimate of drug-likeness (QED) is 0.272. The van der Waals surface area contributed by atoms with Gasteiger partial charge in [-0.1, -0.05) is 43.7 Å². The molecule has 0 unspecified atom stereocenters. The number of rotatable bonds is 14. The summed E-state index contributed by atoms with van der Waals surface area (Å²) in [5, 5.41) is 2.93. The maximum atomic E-state index is 14.2. The molecule has 1 N–H and O–H groups in total. The number of carbonyl (C=O) groups excluding carboxylic acids is 2. The van der Waals surface area contributed by atoms with Gasteiger partial charge in [0.15, 0.2) is 11.5 Å². The lowest BCUT2D eigenvalue weighted by Crippen LogP contribution is -2.53. The maximum absolute atomic E-state index is 14.2. The van der Waals surface area contributed by atoms with Gasteiger partial charge in [-0.15, -0.1) is 0 Å². The number of methoxy groups -OCH3 is 2. The topological polar surface area (TPSA) is 105 Å². The Hall–Kier alpha value is -4.12. The van der Waals surface area contributed by atoms with E-state index in [1.807, 2.05) is 20.8 Å². The van der Waals surface area contributed by atoms with Gasteiger partial charge in [-0.3, -0.25) is 13.9 Å². The Kier molecular flexibility index (Phi) is 11.5. The van der Waals surface area contributed by atoms with Gasteiger partial charge in [-0.05, 0) is 68.7 Å². The van der Waals surface area contributed by atoms with Crippen molar-refractivity contribution in [2.75, 3.05) is 25.1 Å². The SMILES string of the molecule is CC[C@H](C(=O)N[C@@H](C)CC)N(Cc1ccc(F)cc1)C(=O)CN(c1ccc(OC)c(OC)c1)S(=O)(=O)c1ccc(C)cc1. The molecule has 2 atom stereocenters. The first kappa shape index (κ1) is 33.4. The second-order valence-electron chi connectivity index (χ2n) is 10.3. The van der Waals surface area contributed by atoms with Gasteiger partial charge >= 0.3 is 0 Å². The Labute approximate surface area is 253 Å². The summed E-state index contributed by atoms with van der Waals surface area (Å²) in [7, 11) is -1.37. The van der Waals surface area contributed by atoms with Crippen molar-refractivity contribution in [3.63, 3.8) is 0 Å². The average Bonchev–Trinajstić information content (AvgIpc) is 3.00. The van der Waals surface area contributed by atoms with Crippen LogP contribution in [0.25, 0.3) is 0 Å². The molecule has 0 aliphatic carbocycles. The van der Waals surface area contributed by atoms with Crippen molar-refractivity contribution in [1.82, 2.24) is 10.2 Å². The lowest BCUT2D eigenvalue weighted by atomic mass is 10.1. The zero-order valence-corrected chi connectivity index (χ0v) is 26.3. The Morgan fingerprint density at radius 3 is 2.09 bits per heavy atom. The van der Waals surface area contributed by atoms with E-state index in [-0.39, 0.29) is 41.2 Å². The largest absolute Gasteiger partial charge is 0.493 e. The molecular weight excluding hydrogens is 573 g/mol. The number of nitrogens with zero attached hydrogens (tertiary/aromatic N) is 2. The first-order chi connectivity index (χ1) is 20.4. The summed E-state index contributed by atoms with van der Waals surface area (Å²) in [5.74, 6) is -0.741. The van der Waals surface area contributed by atoms with E-state index in [9.17, 15) is 22.4 Å². The Bertz CT molecular complexity index is 1500. The Balaban J connectivity index is 2.11. The number of hydrogen-bond acceptors (Lipinski definition) is 6. The van der Waals surface area contributed by atoms with Gasteiger partial charge in [0.05, 0.1) is 24.8 Å². The molecule has 0 spiro atoms. The number of hydrogen-bond donors (Lipinski definition) is 1. The predicted molar refractivity (Wildman–Crippen MR) is 164 cm³/mol. The molecule has 0 aliphatic rings. The van der Waals surface area contributed by atoms with Gasteiger partial charge in [-0.25, -0.2) is 12.8 Å². The standard InChI is InChI=1S/C32H40FN3O6S/c1-7-23(4)34-32(38)28(8-2)35(20-24-11-13-25(33)14-12-24)31(37)21-36(26-15-18-29(41-5)30(19-26)42-6)43(39,40)27-16-9-22(3)10-17-27/h9-19,23,28H,7-8,20-21H2,1-6H3,(H,34,38)/t23-,28+/m0/s1. The second-order valence-corrected chi connectivity index (χ2v) is 12.1. The molecule has 0 saturated heterocycles. The molecule has 0 radical (unpaired) electrons. The van der Waals surface area contributed by atoms with Crippen LogP contribution in [0, 0.1) is 12.7 Å². The normalized spacial score (nSPS) is 12.6. The lowest BCUT2D eigenvalue weighted by Gasteiger charge is -2.33. The minimum atomic E-state index is -4.26. The Morgan fingerprint density at radius 1 is 0.907 bits per heavy atom. The summed E-state index contributed by atoms with van der Waals surface area (Å²) in [5.41, 5.74) is 1.63. The number of benzene rings is 3. The number of nitrogens with one attached hydrogen (secondary N) is 1. The van der Waals surface area contributed by atoms with E-state index in [4.69, 9.17) is 9.47 Å². The molecule has 0 aliphatic heterocycles. The van der Waals surface area contributed by atoms with Crippen molar-refractivity contribution in [1.29, 1.82) is 0 Å². The molecule has 232 valence electrons. The van der Waals surface area contributed by atoms with Crippen LogP contribution in [0.2, 0.25) is 0 Å². The number of ether oxygens (including phenoxy) is 2. The van der Waals surface area contributed by atoms with Gasteiger partial charge in [0.1, 0.15) is 18.4 Å². The van der Waals surface area contributed by atoms with E-state index in [0.717, 1.165) is 9.87 Å². The fraction of sp³-hybridized carbons (Fsp3) is 0.375.